The van der Waals surface area contributed by atoms with E-state index in [0.717, 1.165) is 0 Å². The topological polar surface area (TPSA) is 3.24 Å². The van der Waals surface area contributed by atoms with Crippen LogP contribution in [-0.4, -0.2) is 29.8 Å². The van der Waals surface area contributed by atoms with Crippen molar-refractivity contribution in [1.29, 1.82) is 0 Å². The summed E-state index contributed by atoms with van der Waals surface area (Å²) in [6.07, 6.45) is 10.9. The Bertz CT molecular complexity index is 737. The monoisotopic (exact) mass is 539 g/mol. The van der Waals surface area contributed by atoms with Crippen molar-refractivity contribution in [3.05, 3.63) is 81.6 Å². The first-order valence-corrected chi connectivity index (χ1v) is 21.0. The molecule has 174 valence electrons. The van der Waals surface area contributed by atoms with E-state index in [1.54, 1.807) is 19.0 Å². The molecule has 0 unspecified atom stereocenters. The molecule has 1 fully saturated rings. The fourth-order valence-corrected chi connectivity index (χ4v) is 20.9. The SMILES string of the molecule is CCC[CH2][Sn](/[CH]=C1\CCCN1C(c1ccccc1)c1ccccc1)([CH2]CCC)[CH2]CCC. The van der Waals surface area contributed by atoms with Crippen LogP contribution < -0.4 is 0 Å². The fourth-order valence-electron chi connectivity index (χ4n) is 5.52. The van der Waals surface area contributed by atoms with Crippen LogP contribution in [0.3, 0.4) is 0 Å². The van der Waals surface area contributed by atoms with E-state index in [9.17, 15) is 0 Å². The zero-order chi connectivity index (χ0) is 22.7. The number of benzene rings is 2. The van der Waals surface area contributed by atoms with Gasteiger partial charge in [-0.2, -0.15) is 0 Å². The van der Waals surface area contributed by atoms with Crippen molar-refractivity contribution in [2.24, 2.45) is 0 Å². The van der Waals surface area contributed by atoms with E-state index in [1.165, 1.54) is 69.0 Å². The number of hydrogen-bond donors (Lipinski definition) is 0. The van der Waals surface area contributed by atoms with Gasteiger partial charge in [-0.1, -0.05) is 0 Å². The Morgan fingerprint density at radius 3 is 1.66 bits per heavy atom. The summed E-state index contributed by atoms with van der Waals surface area (Å²) in [6, 6.07) is 22.8. The number of rotatable bonds is 13. The maximum absolute atomic E-state index is 2.99. The van der Waals surface area contributed by atoms with Gasteiger partial charge >= 0.3 is 203 Å². The van der Waals surface area contributed by atoms with Crippen molar-refractivity contribution >= 4 is 18.4 Å². The molecule has 1 nitrogen and oxygen atoms in total. The molecule has 1 aliphatic rings. The van der Waals surface area contributed by atoms with Crippen LogP contribution in [0, 0.1) is 0 Å². The minimum atomic E-state index is -2.33. The molecule has 0 spiro atoms. The van der Waals surface area contributed by atoms with Crippen LogP contribution in [0.25, 0.3) is 0 Å². The van der Waals surface area contributed by atoms with Gasteiger partial charge in [-0.25, -0.2) is 0 Å². The fraction of sp³-hybridized carbons (Fsp3) is 0.533. The van der Waals surface area contributed by atoms with E-state index >= 15 is 0 Å². The van der Waals surface area contributed by atoms with Crippen LogP contribution in [0.1, 0.15) is 89.3 Å². The Morgan fingerprint density at radius 1 is 0.750 bits per heavy atom. The normalized spacial score (nSPS) is 15.8. The standard InChI is InChI=1S/C18H18N.3C4H9.Sn/c1-15-9-8-14-19(15)18(16-10-4-2-5-11-16)17-12-6-3-7-13-17;3*1-3-4-2;/h1-7,10-13,18H,8-9,14H2;3*1,3-4H2,2H3;. The van der Waals surface area contributed by atoms with Crippen LogP contribution in [-0.2, 0) is 0 Å². The predicted molar refractivity (Wildman–Crippen MR) is 144 cm³/mol. The number of nitrogens with zero attached hydrogens (tertiary/aromatic N) is 1. The van der Waals surface area contributed by atoms with Crippen molar-refractivity contribution in [1.82, 2.24) is 4.90 Å². The molecule has 1 saturated heterocycles. The molecule has 32 heavy (non-hydrogen) atoms. The zero-order valence-electron chi connectivity index (χ0n) is 20.9. The average Bonchev–Trinajstić information content (AvgIpc) is 3.28. The first-order chi connectivity index (χ1) is 15.7. The Labute approximate surface area is 202 Å². The summed E-state index contributed by atoms with van der Waals surface area (Å²) < 4.78 is 7.67. The van der Waals surface area contributed by atoms with Crippen molar-refractivity contribution in [3.8, 4) is 0 Å². The Balaban J connectivity index is 2.00. The van der Waals surface area contributed by atoms with Crippen molar-refractivity contribution in [2.75, 3.05) is 6.54 Å². The summed E-state index contributed by atoms with van der Waals surface area (Å²) in [5.41, 5.74) is 4.56. The molecular weight excluding hydrogens is 493 g/mol. The number of allylic oxidation sites excluding steroid dienone is 1. The second-order valence-corrected chi connectivity index (χ2v) is 22.7. The molecule has 0 N–H and O–H groups in total. The van der Waals surface area contributed by atoms with Gasteiger partial charge in [0.2, 0.25) is 0 Å². The van der Waals surface area contributed by atoms with Crippen molar-refractivity contribution < 1.29 is 0 Å². The molecule has 3 rings (SSSR count). The summed E-state index contributed by atoms with van der Waals surface area (Å²) in [5, 5.41) is 0. The first-order valence-electron chi connectivity index (χ1n) is 13.3. The van der Waals surface area contributed by atoms with E-state index in [1.807, 2.05) is 0 Å². The summed E-state index contributed by atoms with van der Waals surface area (Å²) in [7, 11) is 0. The molecule has 0 atom stereocenters. The van der Waals surface area contributed by atoms with Crippen LogP contribution in [0.2, 0.25) is 13.3 Å². The van der Waals surface area contributed by atoms with Gasteiger partial charge < -0.3 is 0 Å². The predicted octanol–water partition coefficient (Wildman–Crippen LogP) is 9.14. The third-order valence-electron chi connectivity index (χ3n) is 7.30. The summed E-state index contributed by atoms with van der Waals surface area (Å²) in [4.78, 5) is 2.79. The van der Waals surface area contributed by atoms with E-state index in [-0.39, 0.29) is 0 Å². The molecular formula is C30H45NSn. The van der Waals surface area contributed by atoms with Crippen LogP contribution in [0.15, 0.2) is 70.5 Å². The van der Waals surface area contributed by atoms with Crippen molar-refractivity contribution in [2.45, 2.75) is 91.5 Å². The van der Waals surface area contributed by atoms with E-state index in [0.29, 0.717) is 6.04 Å². The van der Waals surface area contributed by atoms with E-state index < -0.39 is 18.4 Å². The van der Waals surface area contributed by atoms with E-state index in [2.05, 4.69) is 90.4 Å². The van der Waals surface area contributed by atoms with Gasteiger partial charge in [-0.3, -0.25) is 0 Å². The van der Waals surface area contributed by atoms with Gasteiger partial charge in [0.15, 0.2) is 0 Å². The molecule has 0 radical (unpaired) electrons. The molecule has 1 aliphatic heterocycles. The number of hydrogen-bond acceptors (Lipinski definition) is 1. The second-order valence-electron chi connectivity index (χ2n) is 9.83. The molecule has 2 aromatic carbocycles. The molecule has 2 heteroatoms. The summed E-state index contributed by atoms with van der Waals surface area (Å²) >= 11 is -2.33. The Kier molecular flexibility index (Phi) is 10.7. The minimum absolute atomic E-state index is 0.346. The maximum atomic E-state index is 2.99. The molecule has 0 aromatic heterocycles. The van der Waals surface area contributed by atoms with Crippen LogP contribution in [0.5, 0.6) is 0 Å². The van der Waals surface area contributed by atoms with Gasteiger partial charge in [0.05, 0.1) is 0 Å². The molecule has 0 aliphatic carbocycles. The van der Waals surface area contributed by atoms with Gasteiger partial charge in [0, 0.05) is 0 Å². The van der Waals surface area contributed by atoms with Crippen LogP contribution >= 0.6 is 0 Å². The molecule has 1 heterocycles. The number of unbranched alkanes of at least 4 members (excludes halogenated alkanes) is 3. The Morgan fingerprint density at radius 2 is 1.22 bits per heavy atom. The van der Waals surface area contributed by atoms with Gasteiger partial charge in [-0.15, -0.1) is 0 Å². The molecule has 0 amide bonds. The van der Waals surface area contributed by atoms with Crippen LogP contribution in [0.4, 0.5) is 0 Å². The third-order valence-corrected chi connectivity index (χ3v) is 21.6. The number of likely N-dealkylation sites (tertiary alicyclic amines) is 1. The molecule has 0 saturated carbocycles. The van der Waals surface area contributed by atoms with Gasteiger partial charge in [0.1, 0.15) is 0 Å². The second kappa shape index (κ2) is 13.5. The molecule has 0 bridgehead atoms. The summed E-state index contributed by atoms with van der Waals surface area (Å²) in [6.45, 7) is 8.34. The average molecular weight is 538 g/mol. The van der Waals surface area contributed by atoms with E-state index in [4.69, 9.17) is 0 Å². The first kappa shape index (κ1) is 25.4. The quantitative estimate of drug-likeness (QED) is 0.230. The van der Waals surface area contributed by atoms with Crippen molar-refractivity contribution in [3.63, 3.8) is 0 Å². The zero-order valence-corrected chi connectivity index (χ0v) is 23.7. The summed E-state index contributed by atoms with van der Waals surface area (Å²) in [5.74, 6) is 0. The Hall–Kier alpha value is -1.22. The van der Waals surface area contributed by atoms with Gasteiger partial charge in [-0.05, 0) is 0 Å². The third kappa shape index (κ3) is 6.89. The molecule has 2 aromatic rings. The van der Waals surface area contributed by atoms with Gasteiger partial charge in [0.25, 0.3) is 0 Å².